The minimum absolute atomic E-state index is 0.0972. The smallest absolute Gasteiger partial charge is 0.252 e. The molecule has 0 bridgehead atoms. The Bertz CT molecular complexity index is 861. The second kappa shape index (κ2) is 6.47. The van der Waals surface area contributed by atoms with Crippen LogP contribution in [-0.2, 0) is 7.05 Å². The Balaban J connectivity index is 2.15. The van der Waals surface area contributed by atoms with Crippen molar-refractivity contribution in [1.29, 1.82) is 0 Å². The van der Waals surface area contributed by atoms with Crippen molar-refractivity contribution in [2.75, 3.05) is 0 Å². The van der Waals surface area contributed by atoms with Crippen LogP contribution in [-0.4, -0.2) is 26.7 Å². The number of pyridine rings is 1. The van der Waals surface area contributed by atoms with Crippen LogP contribution in [0.15, 0.2) is 28.9 Å². The first-order valence-electron chi connectivity index (χ1n) is 8.24. The number of amides is 1. The molecule has 0 saturated heterocycles. The summed E-state index contributed by atoms with van der Waals surface area (Å²) >= 11 is 0. The summed E-state index contributed by atoms with van der Waals surface area (Å²) in [5.41, 5.74) is 2.69. The van der Waals surface area contributed by atoms with E-state index in [-0.39, 0.29) is 11.9 Å². The van der Waals surface area contributed by atoms with Gasteiger partial charge in [0.15, 0.2) is 11.4 Å². The number of hydrogen-bond acceptors (Lipinski definition) is 4. The van der Waals surface area contributed by atoms with E-state index in [0.29, 0.717) is 22.7 Å². The average molecular weight is 326 g/mol. The predicted molar refractivity (Wildman–Crippen MR) is 92.8 cm³/mol. The molecule has 1 N–H and O–H groups in total. The minimum atomic E-state index is -0.0972. The number of fused-ring (bicyclic) bond motifs is 1. The highest BCUT2D eigenvalue weighted by atomic mass is 16.3. The van der Waals surface area contributed by atoms with Crippen LogP contribution in [0.25, 0.3) is 22.5 Å². The molecule has 3 heterocycles. The van der Waals surface area contributed by atoms with Gasteiger partial charge in [-0.3, -0.25) is 9.48 Å². The molecule has 126 valence electrons. The summed E-state index contributed by atoms with van der Waals surface area (Å²) in [6, 6.07) is 5.58. The molecule has 0 radical (unpaired) electrons. The first kappa shape index (κ1) is 16.2. The number of aromatic nitrogens is 3. The molecular formula is C18H22N4O2. The molecule has 0 atom stereocenters. The van der Waals surface area contributed by atoms with Gasteiger partial charge in [-0.2, -0.15) is 5.10 Å². The van der Waals surface area contributed by atoms with Gasteiger partial charge in [0, 0.05) is 13.1 Å². The van der Waals surface area contributed by atoms with Crippen molar-refractivity contribution in [3.05, 3.63) is 35.7 Å². The number of nitrogens with zero attached hydrogens (tertiary/aromatic N) is 3. The Morgan fingerprint density at radius 2 is 2.12 bits per heavy atom. The fourth-order valence-corrected chi connectivity index (χ4v) is 2.93. The lowest BCUT2D eigenvalue weighted by Crippen LogP contribution is -2.34. The summed E-state index contributed by atoms with van der Waals surface area (Å²) in [5, 5.41) is 8.31. The maximum atomic E-state index is 12.9. The van der Waals surface area contributed by atoms with E-state index in [1.54, 1.807) is 23.1 Å². The lowest BCUT2D eigenvalue weighted by molar-refractivity contribution is 0.0936. The largest absolute Gasteiger partial charge is 0.463 e. The Morgan fingerprint density at radius 3 is 2.75 bits per heavy atom. The molecule has 6 heteroatoms. The Labute approximate surface area is 140 Å². The van der Waals surface area contributed by atoms with Gasteiger partial charge in [0.1, 0.15) is 5.69 Å². The van der Waals surface area contributed by atoms with Crippen molar-refractivity contribution in [3.8, 4) is 11.5 Å². The van der Waals surface area contributed by atoms with Crippen LogP contribution in [0.2, 0.25) is 0 Å². The lowest BCUT2D eigenvalue weighted by atomic mass is 10.1. The second-order valence-electron chi connectivity index (χ2n) is 5.93. The number of rotatable bonds is 5. The summed E-state index contributed by atoms with van der Waals surface area (Å²) in [6.45, 7) is 6.03. The van der Waals surface area contributed by atoms with Crippen molar-refractivity contribution in [1.82, 2.24) is 20.1 Å². The minimum Gasteiger partial charge on any atom is -0.463 e. The number of nitrogens with one attached hydrogen (secondary N) is 1. The maximum Gasteiger partial charge on any atom is 0.252 e. The molecule has 0 aliphatic carbocycles. The zero-order chi connectivity index (χ0) is 17.3. The SMILES string of the molecule is CCC(CC)NC(=O)c1cc(-c2ccco2)nc2c1c(C)nn2C. The Morgan fingerprint density at radius 1 is 1.38 bits per heavy atom. The van der Waals surface area contributed by atoms with E-state index >= 15 is 0 Å². The molecule has 3 aromatic rings. The third kappa shape index (κ3) is 2.79. The number of aryl methyl sites for hydroxylation is 2. The van der Waals surface area contributed by atoms with Crippen molar-refractivity contribution >= 4 is 16.9 Å². The van der Waals surface area contributed by atoms with E-state index in [0.717, 1.165) is 23.9 Å². The van der Waals surface area contributed by atoms with Gasteiger partial charge in [0.05, 0.1) is 22.9 Å². The molecule has 0 aromatic carbocycles. The topological polar surface area (TPSA) is 73.0 Å². The fourth-order valence-electron chi connectivity index (χ4n) is 2.93. The number of carbonyl (C=O) groups excluding carboxylic acids is 1. The zero-order valence-electron chi connectivity index (χ0n) is 14.5. The molecule has 3 aromatic heterocycles. The molecule has 0 aliphatic rings. The molecule has 0 fully saturated rings. The molecule has 24 heavy (non-hydrogen) atoms. The molecular weight excluding hydrogens is 304 g/mol. The molecule has 0 saturated carbocycles. The molecule has 6 nitrogen and oxygen atoms in total. The van der Waals surface area contributed by atoms with Crippen molar-refractivity contribution in [3.63, 3.8) is 0 Å². The first-order valence-corrected chi connectivity index (χ1v) is 8.24. The van der Waals surface area contributed by atoms with Crippen LogP contribution in [0.1, 0.15) is 42.7 Å². The van der Waals surface area contributed by atoms with Gasteiger partial charge in [-0.25, -0.2) is 4.98 Å². The molecule has 0 aliphatic heterocycles. The van der Waals surface area contributed by atoms with E-state index < -0.39 is 0 Å². The highest BCUT2D eigenvalue weighted by Crippen LogP contribution is 2.27. The van der Waals surface area contributed by atoms with E-state index in [4.69, 9.17) is 4.42 Å². The number of carbonyl (C=O) groups is 1. The van der Waals surface area contributed by atoms with Gasteiger partial charge < -0.3 is 9.73 Å². The second-order valence-corrected chi connectivity index (χ2v) is 5.93. The normalized spacial score (nSPS) is 11.4. The van der Waals surface area contributed by atoms with E-state index in [2.05, 4.69) is 29.2 Å². The number of hydrogen-bond donors (Lipinski definition) is 1. The summed E-state index contributed by atoms with van der Waals surface area (Å²) < 4.78 is 7.15. The van der Waals surface area contributed by atoms with Crippen LogP contribution in [0.5, 0.6) is 0 Å². The van der Waals surface area contributed by atoms with E-state index in [1.165, 1.54) is 0 Å². The van der Waals surface area contributed by atoms with Crippen LogP contribution in [0.4, 0.5) is 0 Å². The van der Waals surface area contributed by atoms with Gasteiger partial charge in [-0.1, -0.05) is 13.8 Å². The quantitative estimate of drug-likeness (QED) is 0.779. The fraction of sp³-hybridized carbons (Fsp3) is 0.389. The van der Waals surface area contributed by atoms with Gasteiger partial charge in [-0.05, 0) is 38.0 Å². The van der Waals surface area contributed by atoms with Crippen LogP contribution in [0.3, 0.4) is 0 Å². The van der Waals surface area contributed by atoms with Gasteiger partial charge in [-0.15, -0.1) is 0 Å². The zero-order valence-corrected chi connectivity index (χ0v) is 14.5. The third-order valence-corrected chi connectivity index (χ3v) is 4.31. The van der Waals surface area contributed by atoms with E-state index in [9.17, 15) is 4.79 Å². The molecule has 3 rings (SSSR count). The number of furan rings is 1. The maximum absolute atomic E-state index is 12.9. The standard InChI is InChI=1S/C18H22N4O2/c1-5-12(6-2)19-18(23)13-10-14(15-8-7-9-24-15)20-17-16(13)11(3)21-22(17)4/h7-10,12H,5-6H2,1-4H3,(H,19,23). The molecule has 0 spiro atoms. The highest BCUT2D eigenvalue weighted by Gasteiger charge is 2.21. The summed E-state index contributed by atoms with van der Waals surface area (Å²) in [4.78, 5) is 17.5. The van der Waals surface area contributed by atoms with Crippen molar-refractivity contribution in [2.24, 2.45) is 7.05 Å². The molecule has 0 unspecified atom stereocenters. The third-order valence-electron chi connectivity index (χ3n) is 4.31. The van der Waals surface area contributed by atoms with Crippen LogP contribution < -0.4 is 5.32 Å². The summed E-state index contributed by atoms with van der Waals surface area (Å²) in [7, 11) is 1.83. The van der Waals surface area contributed by atoms with Crippen molar-refractivity contribution < 1.29 is 9.21 Å². The lowest BCUT2D eigenvalue weighted by Gasteiger charge is -2.15. The van der Waals surface area contributed by atoms with Crippen LogP contribution >= 0.6 is 0 Å². The van der Waals surface area contributed by atoms with Gasteiger partial charge in [0.25, 0.3) is 5.91 Å². The van der Waals surface area contributed by atoms with Crippen LogP contribution in [0, 0.1) is 6.92 Å². The molecule has 1 amide bonds. The monoisotopic (exact) mass is 326 g/mol. The predicted octanol–water partition coefficient (Wildman–Crippen LogP) is 3.46. The Hall–Kier alpha value is -2.63. The van der Waals surface area contributed by atoms with Crippen molar-refractivity contribution in [2.45, 2.75) is 39.7 Å². The van der Waals surface area contributed by atoms with Gasteiger partial charge >= 0.3 is 0 Å². The summed E-state index contributed by atoms with van der Waals surface area (Å²) in [5.74, 6) is 0.535. The average Bonchev–Trinajstić information content (AvgIpc) is 3.21. The first-order chi connectivity index (χ1) is 11.5. The highest BCUT2D eigenvalue weighted by molar-refractivity contribution is 6.07. The van der Waals surface area contributed by atoms with E-state index in [1.807, 2.05) is 20.0 Å². The van der Waals surface area contributed by atoms with Gasteiger partial charge in [0.2, 0.25) is 0 Å². The Kier molecular flexibility index (Phi) is 4.38. The summed E-state index contributed by atoms with van der Waals surface area (Å²) in [6.07, 6.45) is 3.39.